The van der Waals surface area contributed by atoms with Crippen LogP contribution in [0.4, 0.5) is 0 Å². The molecule has 92 valence electrons. The van der Waals surface area contributed by atoms with Crippen LogP contribution in [0.3, 0.4) is 0 Å². The van der Waals surface area contributed by atoms with Crippen molar-refractivity contribution in [2.24, 2.45) is 0 Å². The Kier molecular flexibility index (Phi) is 4.69. The van der Waals surface area contributed by atoms with Crippen molar-refractivity contribution in [3.8, 4) is 5.75 Å². The van der Waals surface area contributed by atoms with Crippen LogP contribution in [0.2, 0.25) is 0 Å². The van der Waals surface area contributed by atoms with Crippen LogP contribution < -0.4 is 10.5 Å². The van der Waals surface area contributed by atoms with Crippen molar-refractivity contribution in [1.29, 1.82) is 0 Å². The first-order chi connectivity index (χ1) is 8.13. The molecule has 2 aromatic rings. The van der Waals surface area contributed by atoms with E-state index in [9.17, 15) is 4.79 Å². The molecule has 4 nitrogen and oxygen atoms in total. The van der Waals surface area contributed by atoms with Gasteiger partial charge in [0.05, 0.1) is 12.8 Å². The quantitative estimate of drug-likeness (QED) is 0.762. The molecular formula is C13H17NO3. The SMILES string of the molecule is CCC.COc1cccc2c(C)nc(=O)oc12. The van der Waals surface area contributed by atoms with Gasteiger partial charge in [-0.2, -0.15) is 4.98 Å². The first-order valence-corrected chi connectivity index (χ1v) is 5.58. The first kappa shape index (κ1) is 13.2. The van der Waals surface area contributed by atoms with Crippen molar-refractivity contribution < 1.29 is 9.15 Å². The van der Waals surface area contributed by atoms with Gasteiger partial charge in [0.15, 0.2) is 11.3 Å². The second-order valence-electron chi connectivity index (χ2n) is 3.61. The van der Waals surface area contributed by atoms with Crippen LogP contribution in [-0.4, -0.2) is 12.1 Å². The summed E-state index contributed by atoms with van der Waals surface area (Å²) in [6.07, 6.45) is 1.25. The molecule has 0 spiro atoms. The van der Waals surface area contributed by atoms with E-state index in [0.29, 0.717) is 17.0 Å². The lowest BCUT2D eigenvalue weighted by atomic mass is 10.2. The lowest BCUT2D eigenvalue weighted by Crippen LogP contribution is -2.05. The molecule has 0 saturated heterocycles. The summed E-state index contributed by atoms with van der Waals surface area (Å²) in [6, 6.07) is 5.41. The molecule has 1 aromatic carbocycles. The molecule has 1 aromatic heterocycles. The van der Waals surface area contributed by atoms with E-state index in [1.54, 1.807) is 13.0 Å². The highest BCUT2D eigenvalue weighted by molar-refractivity contribution is 5.84. The molecule has 0 saturated carbocycles. The van der Waals surface area contributed by atoms with Gasteiger partial charge in [0.2, 0.25) is 0 Å². The Morgan fingerprint density at radius 1 is 1.35 bits per heavy atom. The predicted molar refractivity (Wildman–Crippen MR) is 67.5 cm³/mol. The number of aromatic nitrogens is 1. The van der Waals surface area contributed by atoms with E-state index >= 15 is 0 Å². The van der Waals surface area contributed by atoms with Crippen molar-refractivity contribution in [1.82, 2.24) is 4.98 Å². The highest BCUT2D eigenvalue weighted by Gasteiger charge is 2.07. The Morgan fingerprint density at radius 3 is 2.59 bits per heavy atom. The molecule has 0 aliphatic rings. The van der Waals surface area contributed by atoms with Crippen LogP contribution in [0, 0.1) is 6.92 Å². The van der Waals surface area contributed by atoms with Crippen molar-refractivity contribution in [2.45, 2.75) is 27.2 Å². The van der Waals surface area contributed by atoms with Gasteiger partial charge in [0.25, 0.3) is 0 Å². The van der Waals surface area contributed by atoms with E-state index in [4.69, 9.17) is 9.15 Å². The van der Waals surface area contributed by atoms with Gasteiger partial charge in [-0.05, 0) is 19.1 Å². The summed E-state index contributed by atoms with van der Waals surface area (Å²) >= 11 is 0. The summed E-state index contributed by atoms with van der Waals surface area (Å²) in [5.41, 5.74) is 1.10. The molecule has 17 heavy (non-hydrogen) atoms. The van der Waals surface area contributed by atoms with Crippen LogP contribution >= 0.6 is 0 Å². The van der Waals surface area contributed by atoms with Crippen LogP contribution in [0.1, 0.15) is 26.0 Å². The highest BCUT2D eigenvalue weighted by Crippen LogP contribution is 2.24. The Morgan fingerprint density at radius 2 is 2.00 bits per heavy atom. The van der Waals surface area contributed by atoms with Crippen molar-refractivity contribution in [3.05, 3.63) is 34.4 Å². The number of para-hydroxylation sites is 1. The molecule has 0 atom stereocenters. The fourth-order valence-electron chi connectivity index (χ4n) is 1.37. The number of benzene rings is 1. The third-order valence-electron chi connectivity index (χ3n) is 2.04. The lowest BCUT2D eigenvalue weighted by molar-refractivity contribution is 0.404. The first-order valence-electron chi connectivity index (χ1n) is 5.58. The van der Waals surface area contributed by atoms with E-state index in [1.807, 2.05) is 12.1 Å². The van der Waals surface area contributed by atoms with Gasteiger partial charge in [-0.15, -0.1) is 0 Å². The van der Waals surface area contributed by atoms with E-state index in [2.05, 4.69) is 18.8 Å². The maximum atomic E-state index is 11.0. The fraction of sp³-hybridized carbons (Fsp3) is 0.385. The molecule has 0 aliphatic carbocycles. The van der Waals surface area contributed by atoms with E-state index < -0.39 is 5.76 Å². The van der Waals surface area contributed by atoms with Crippen molar-refractivity contribution in [2.75, 3.05) is 7.11 Å². The average molecular weight is 235 g/mol. The van der Waals surface area contributed by atoms with Crippen molar-refractivity contribution in [3.63, 3.8) is 0 Å². The number of methoxy groups -OCH3 is 1. The van der Waals surface area contributed by atoms with Crippen LogP contribution in [0.5, 0.6) is 5.75 Å². The molecule has 0 fully saturated rings. The normalized spacial score (nSPS) is 9.65. The average Bonchev–Trinajstić information content (AvgIpc) is 2.29. The van der Waals surface area contributed by atoms with E-state index in [-0.39, 0.29) is 0 Å². The van der Waals surface area contributed by atoms with Crippen molar-refractivity contribution >= 4 is 11.0 Å². The standard InChI is InChI=1S/C10H9NO3.C3H8/c1-6-7-4-3-5-8(13-2)9(7)14-10(12)11-6;1-3-2/h3-5H,1-2H3;3H2,1-2H3. The summed E-state index contributed by atoms with van der Waals surface area (Å²) < 4.78 is 10.0. The third-order valence-corrected chi connectivity index (χ3v) is 2.04. The fourth-order valence-corrected chi connectivity index (χ4v) is 1.37. The molecule has 4 heteroatoms. The zero-order valence-corrected chi connectivity index (χ0v) is 10.6. The number of hydrogen-bond acceptors (Lipinski definition) is 4. The topological polar surface area (TPSA) is 52.3 Å². The van der Waals surface area contributed by atoms with Gasteiger partial charge in [-0.1, -0.05) is 26.3 Å². The monoisotopic (exact) mass is 235 g/mol. The molecule has 0 N–H and O–H groups in total. The second kappa shape index (κ2) is 6.03. The van der Waals surface area contributed by atoms with Gasteiger partial charge in [0.1, 0.15) is 0 Å². The van der Waals surface area contributed by atoms with Gasteiger partial charge in [0, 0.05) is 5.39 Å². The Balaban J connectivity index is 0.000000437. The number of ether oxygens (including phenoxy) is 1. The van der Waals surface area contributed by atoms with E-state index in [1.165, 1.54) is 13.5 Å². The van der Waals surface area contributed by atoms with Gasteiger partial charge >= 0.3 is 5.76 Å². The smallest absolute Gasteiger partial charge is 0.439 e. The number of rotatable bonds is 1. The molecule has 2 rings (SSSR count). The highest BCUT2D eigenvalue weighted by atomic mass is 16.5. The number of fused-ring (bicyclic) bond motifs is 1. The molecule has 0 aliphatic heterocycles. The molecule has 0 radical (unpaired) electrons. The zero-order chi connectivity index (χ0) is 12.8. The minimum absolute atomic E-state index is 0.451. The van der Waals surface area contributed by atoms with Gasteiger partial charge < -0.3 is 9.15 Å². The Bertz CT molecular complexity index is 546. The number of nitrogens with zero attached hydrogens (tertiary/aromatic N) is 1. The summed E-state index contributed by atoms with van der Waals surface area (Å²) in [6.45, 7) is 6.01. The Labute approximate surface area is 100 Å². The van der Waals surface area contributed by atoms with Crippen LogP contribution in [0.25, 0.3) is 11.0 Å². The maximum Gasteiger partial charge on any atom is 0.439 e. The molecule has 0 bridgehead atoms. The molecule has 0 unspecified atom stereocenters. The largest absolute Gasteiger partial charge is 0.493 e. The van der Waals surface area contributed by atoms with Gasteiger partial charge in [-0.3, -0.25) is 0 Å². The molecular weight excluding hydrogens is 218 g/mol. The lowest BCUT2D eigenvalue weighted by Gasteiger charge is -2.03. The van der Waals surface area contributed by atoms with Gasteiger partial charge in [-0.25, -0.2) is 4.79 Å². The number of hydrogen-bond donors (Lipinski definition) is 0. The maximum absolute atomic E-state index is 11.0. The Hall–Kier alpha value is -1.84. The minimum Gasteiger partial charge on any atom is -0.493 e. The number of aryl methyl sites for hydroxylation is 1. The minimum atomic E-state index is -0.598. The molecule has 1 heterocycles. The summed E-state index contributed by atoms with van der Waals surface area (Å²) in [4.78, 5) is 14.7. The zero-order valence-electron chi connectivity index (χ0n) is 10.6. The summed E-state index contributed by atoms with van der Waals surface area (Å²) in [7, 11) is 1.53. The second-order valence-corrected chi connectivity index (χ2v) is 3.61. The van der Waals surface area contributed by atoms with Crippen LogP contribution in [-0.2, 0) is 0 Å². The molecule has 0 amide bonds. The third kappa shape index (κ3) is 3.06. The van der Waals surface area contributed by atoms with E-state index in [0.717, 1.165) is 5.39 Å². The summed E-state index contributed by atoms with van der Waals surface area (Å²) in [5.74, 6) is -0.0513. The predicted octanol–water partition coefficient (Wildman–Crippen LogP) is 2.92. The van der Waals surface area contributed by atoms with Crippen LogP contribution in [0.15, 0.2) is 27.4 Å². The summed E-state index contributed by atoms with van der Waals surface area (Å²) in [5, 5.41) is 0.795.